The van der Waals surface area contributed by atoms with E-state index in [1.54, 1.807) is 30.2 Å². The Balaban J connectivity index is 1.49. The number of ketones is 1. The number of fused-ring (bicyclic) bond motifs is 1. The van der Waals surface area contributed by atoms with Crippen LogP contribution in [0.4, 0.5) is 10.5 Å². The van der Waals surface area contributed by atoms with E-state index in [0.29, 0.717) is 36.6 Å². The molecule has 0 saturated carbocycles. The first-order valence-electron chi connectivity index (χ1n) is 8.60. The normalized spacial score (nSPS) is 21.3. The maximum atomic E-state index is 12.6. The molecule has 0 aliphatic carbocycles. The first-order chi connectivity index (χ1) is 12.6. The number of Topliss-reactive ketones (excluding diaryl/α,β-unsaturated/α-hetero) is 1. The molecule has 2 aromatic carbocycles. The van der Waals surface area contributed by atoms with Crippen molar-refractivity contribution in [3.8, 4) is 11.5 Å². The molecule has 6 heteroatoms. The molecule has 0 aromatic heterocycles. The smallest absolute Gasteiger partial charge is 0.321 e. The summed E-state index contributed by atoms with van der Waals surface area (Å²) in [6.07, 6.45) is 0.898. The summed E-state index contributed by atoms with van der Waals surface area (Å²) in [4.78, 5) is 26.8. The highest BCUT2D eigenvalue weighted by molar-refractivity contribution is 6.01. The topological polar surface area (TPSA) is 67.9 Å². The number of nitrogens with one attached hydrogen (secondary N) is 1. The van der Waals surface area contributed by atoms with Gasteiger partial charge in [0.05, 0.1) is 25.6 Å². The number of ether oxygens (including phenoxy) is 2. The molecule has 2 heterocycles. The number of carbonyl (C=O) groups is 2. The van der Waals surface area contributed by atoms with E-state index in [-0.39, 0.29) is 18.2 Å². The standard InChI is InChI=1S/C20H20N2O4/c1-25-15-7-8-18-16(11-15)17(23)12-20(26-18)9-10-22(13-20)19(24)21-14-5-3-2-4-6-14/h2-8,11H,9-10,12-13H2,1H3,(H,21,24). The Morgan fingerprint density at radius 2 is 2.04 bits per heavy atom. The lowest BCUT2D eigenvalue weighted by atomic mass is 9.89. The number of hydrogen-bond acceptors (Lipinski definition) is 4. The van der Waals surface area contributed by atoms with Crippen molar-refractivity contribution in [1.29, 1.82) is 0 Å². The van der Waals surface area contributed by atoms with Gasteiger partial charge in [-0.1, -0.05) is 18.2 Å². The molecule has 2 aliphatic rings. The summed E-state index contributed by atoms with van der Waals surface area (Å²) in [6, 6.07) is 14.4. The van der Waals surface area contributed by atoms with Crippen LogP contribution in [0.5, 0.6) is 11.5 Å². The molecule has 2 aliphatic heterocycles. The molecule has 1 saturated heterocycles. The fourth-order valence-corrected chi connectivity index (χ4v) is 3.57. The molecule has 26 heavy (non-hydrogen) atoms. The van der Waals surface area contributed by atoms with Gasteiger partial charge in [0.25, 0.3) is 0 Å². The molecule has 1 unspecified atom stereocenters. The highest BCUT2D eigenvalue weighted by Crippen LogP contribution is 2.40. The second kappa shape index (κ2) is 6.37. The number of anilines is 1. The van der Waals surface area contributed by atoms with Gasteiger partial charge in [-0.2, -0.15) is 0 Å². The van der Waals surface area contributed by atoms with Gasteiger partial charge in [-0.05, 0) is 30.3 Å². The van der Waals surface area contributed by atoms with E-state index in [4.69, 9.17) is 9.47 Å². The van der Waals surface area contributed by atoms with Crippen LogP contribution < -0.4 is 14.8 Å². The molecule has 2 amide bonds. The van der Waals surface area contributed by atoms with Crippen molar-refractivity contribution in [2.45, 2.75) is 18.4 Å². The van der Waals surface area contributed by atoms with Crippen LogP contribution in [0, 0.1) is 0 Å². The van der Waals surface area contributed by atoms with Gasteiger partial charge in [0.15, 0.2) is 5.78 Å². The zero-order chi connectivity index (χ0) is 18.1. The van der Waals surface area contributed by atoms with Crippen LogP contribution in [-0.4, -0.2) is 42.5 Å². The third-order valence-electron chi connectivity index (χ3n) is 4.92. The average Bonchev–Trinajstić information content (AvgIpc) is 3.05. The SMILES string of the molecule is COc1ccc2c(c1)C(=O)CC1(CCN(C(=O)Nc3ccccc3)C1)O2. The van der Waals surface area contributed by atoms with Crippen LogP contribution in [0.3, 0.4) is 0 Å². The van der Waals surface area contributed by atoms with Gasteiger partial charge in [-0.3, -0.25) is 4.79 Å². The second-order valence-electron chi connectivity index (χ2n) is 6.71. The highest BCUT2D eigenvalue weighted by atomic mass is 16.5. The minimum Gasteiger partial charge on any atom is -0.497 e. The van der Waals surface area contributed by atoms with Gasteiger partial charge in [-0.15, -0.1) is 0 Å². The zero-order valence-electron chi connectivity index (χ0n) is 14.5. The molecule has 4 rings (SSSR count). The van der Waals surface area contributed by atoms with Gasteiger partial charge < -0.3 is 19.7 Å². The van der Waals surface area contributed by atoms with Gasteiger partial charge >= 0.3 is 6.03 Å². The minimum absolute atomic E-state index is 0.0236. The Kier molecular flexibility index (Phi) is 4.03. The van der Waals surface area contributed by atoms with Crippen LogP contribution in [0.25, 0.3) is 0 Å². The van der Waals surface area contributed by atoms with Crippen LogP contribution in [0.1, 0.15) is 23.2 Å². The molecule has 1 atom stereocenters. The van der Waals surface area contributed by atoms with Gasteiger partial charge in [0, 0.05) is 18.7 Å². The number of para-hydroxylation sites is 1. The van der Waals surface area contributed by atoms with Gasteiger partial charge in [0.1, 0.15) is 17.1 Å². The Labute approximate surface area is 151 Å². The van der Waals surface area contributed by atoms with E-state index in [9.17, 15) is 9.59 Å². The van der Waals surface area contributed by atoms with E-state index < -0.39 is 5.60 Å². The number of hydrogen-bond donors (Lipinski definition) is 1. The average molecular weight is 352 g/mol. The minimum atomic E-state index is -0.646. The fraction of sp³-hybridized carbons (Fsp3) is 0.300. The summed E-state index contributed by atoms with van der Waals surface area (Å²) in [6.45, 7) is 0.945. The van der Waals surface area contributed by atoms with Crippen LogP contribution in [0.2, 0.25) is 0 Å². The van der Waals surface area contributed by atoms with Crippen molar-refractivity contribution in [1.82, 2.24) is 4.90 Å². The lowest BCUT2D eigenvalue weighted by molar-refractivity contribution is 0.0481. The second-order valence-corrected chi connectivity index (χ2v) is 6.71. The van der Waals surface area contributed by atoms with E-state index in [1.165, 1.54) is 0 Å². The zero-order valence-corrected chi connectivity index (χ0v) is 14.5. The van der Waals surface area contributed by atoms with E-state index in [0.717, 1.165) is 5.69 Å². The van der Waals surface area contributed by atoms with E-state index in [2.05, 4.69) is 5.32 Å². The predicted molar refractivity (Wildman–Crippen MR) is 97.0 cm³/mol. The first-order valence-corrected chi connectivity index (χ1v) is 8.60. The monoisotopic (exact) mass is 352 g/mol. The number of carbonyl (C=O) groups excluding carboxylic acids is 2. The third kappa shape index (κ3) is 2.98. The Morgan fingerprint density at radius 3 is 2.81 bits per heavy atom. The van der Waals surface area contributed by atoms with Crippen LogP contribution >= 0.6 is 0 Å². The molecule has 1 N–H and O–H groups in total. The maximum absolute atomic E-state index is 12.6. The predicted octanol–water partition coefficient (Wildman–Crippen LogP) is 3.34. The maximum Gasteiger partial charge on any atom is 0.321 e. The molecule has 134 valence electrons. The molecule has 1 spiro atoms. The van der Waals surface area contributed by atoms with Crippen molar-refractivity contribution in [2.24, 2.45) is 0 Å². The number of urea groups is 1. The van der Waals surface area contributed by atoms with Crippen LogP contribution in [0.15, 0.2) is 48.5 Å². The van der Waals surface area contributed by atoms with Crippen molar-refractivity contribution in [3.63, 3.8) is 0 Å². The number of methoxy groups -OCH3 is 1. The van der Waals surface area contributed by atoms with E-state index in [1.807, 2.05) is 30.3 Å². The number of amides is 2. The molecule has 1 fully saturated rings. The highest BCUT2D eigenvalue weighted by Gasteiger charge is 2.47. The first kappa shape index (κ1) is 16.4. The third-order valence-corrected chi connectivity index (χ3v) is 4.92. The molecule has 0 radical (unpaired) electrons. The largest absolute Gasteiger partial charge is 0.497 e. The number of likely N-dealkylation sites (tertiary alicyclic amines) is 1. The number of rotatable bonds is 2. The summed E-state index contributed by atoms with van der Waals surface area (Å²) in [5.74, 6) is 1.22. The van der Waals surface area contributed by atoms with Gasteiger partial charge in [0.2, 0.25) is 0 Å². The molecule has 0 bridgehead atoms. The van der Waals surface area contributed by atoms with Crippen molar-refractivity contribution < 1.29 is 19.1 Å². The van der Waals surface area contributed by atoms with Gasteiger partial charge in [-0.25, -0.2) is 4.79 Å². The van der Waals surface area contributed by atoms with Crippen LogP contribution in [-0.2, 0) is 0 Å². The van der Waals surface area contributed by atoms with Crippen molar-refractivity contribution in [2.75, 3.05) is 25.5 Å². The molecular formula is C20H20N2O4. The lowest BCUT2D eigenvalue weighted by Crippen LogP contribution is -2.46. The fourth-order valence-electron chi connectivity index (χ4n) is 3.57. The van der Waals surface area contributed by atoms with Crippen molar-refractivity contribution in [3.05, 3.63) is 54.1 Å². The summed E-state index contributed by atoms with van der Waals surface area (Å²) in [5.41, 5.74) is 0.644. The summed E-state index contributed by atoms with van der Waals surface area (Å²) < 4.78 is 11.4. The molecule has 6 nitrogen and oxygen atoms in total. The lowest BCUT2D eigenvalue weighted by Gasteiger charge is -2.34. The number of nitrogens with zero attached hydrogens (tertiary/aromatic N) is 1. The Bertz CT molecular complexity index is 852. The summed E-state index contributed by atoms with van der Waals surface area (Å²) in [5, 5.41) is 2.88. The van der Waals surface area contributed by atoms with Crippen molar-refractivity contribution >= 4 is 17.5 Å². The van der Waals surface area contributed by atoms with E-state index >= 15 is 0 Å². The quantitative estimate of drug-likeness (QED) is 0.900. The molecule has 2 aromatic rings. The summed E-state index contributed by atoms with van der Waals surface area (Å²) in [7, 11) is 1.57. The Morgan fingerprint density at radius 1 is 1.23 bits per heavy atom. The number of benzene rings is 2. The Hall–Kier alpha value is -3.02. The summed E-state index contributed by atoms with van der Waals surface area (Å²) >= 11 is 0. The molecular weight excluding hydrogens is 332 g/mol.